The Kier molecular flexibility index (Phi) is 12.4. The number of aliphatic imine (C=N–C) groups is 1. The van der Waals surface area contributed by atoms with Crippen LogP contribution in [0.2, 0.25) is 0 Å². The molecule has 1 aromatic carbocycles. The van der Waals surface area contributed by atoms with Crippen LogP contribution in [-0.4, -0.2) is 89.3 Å². The van der Waals surface area contributed by atoms with Gasteiger partial charge in [0.05, 0.1) is 27.9 Å². The van der Waals surface area contributed by atoms with Crippen molar-refractivity contribution in [2.24, 2.45) is 4.99 Å². The van der Waals surface area contributed by atoms with E-state index in [0.29, 0.717) is 23.8 Å². The molecule has 0 atom stereocenters. The lowest BCUT2D eigenvalue weighted by atomic mass is 10.1. The highest BCUT2D eigenvalue weighted by Gasteiger charge is 2.21. The maximum atomic E-state index is 11.8. The topological polar surface area (TPSA) is 87.7 Å². The first kappa shape index (κ1) is 27.1. The number of carbonyl (C=O) groups is 1. The highest BCUT2D eigenvalue weighted by Crippen LogP contribution is 2.38. The summed E-state index contributed by atoms with van der Waals surface area (Å²) in [6.45, 7) is 7.19. The Labute approximate surface area is 202 Å². The zero-order chi connectivity index (χ0) is 21.9. The van der Waals surface area contributed by atoms with Gasteiger partial charge in [-0.1, -0.05) is 6.92 Å². The molecule has 0 unspecified atom stereocenters. The summed E-state index contributed by atoms with van der Waals surface area (Å²) in [5.74, 6) is 2.67. The number of halogens is 1. The first-order valence-corrected chi connectivity index (χ1v) is 10.3. The highest BCUT2D eigenvalue weighted by molar-refractivity contribution is 14.0. The summed E-state index contributed by atoms with van der Waals surface area (Å²) in [6.07, 6.45) is 0.925. The van der Waals surface area contributed by atoms with Gasteiger partial charge in [-0.25, -0.2) is 0 Å². The van der Waals surface area contributed by atoms with Gasteiger partial charge in [0.15, 0.2) is 17.5 Å². The number of hydrogen-bond donors (Lipinski definition) is 2. The van der Waals surface area contributed by atoms with E-state index in [0.717, 1.165) is 50.7 Å². The molecule has 1 aromatic rings. The molecule has 2 rings (SSSR count). The van der Waals surface area contributed by atoms with Crippen LogP contribution in [0.15, 0.2) is 17.1 Å². The van der Waals surface area contributed by atoms with Crippen LogP contribution in [0.1, 0.15) is 18.9 Å². The van der Waals surface area contributed by atoms with Gasteiger partial charge in [-0.05, 0) is 24.1 Å². The van der Waals surface area contributed by atoms with Crippen LogP contribution in [0.25, 0.3) is 0 Å². The first-order valence-electron chi connectivity index (χ1n) is 10.3. The molecule has 0 radical (unpaired) electrons. The van der Waals surface area contributed by atoms with Gasteiger partial charge in [-0.15, -0.1) is 24.0 Å². The summed E-state index contributed by atoms with van der Waals surface area (Å²) in [5, 5.41) is 6.02. The van der Waals surface area contributed by atoms with E-state index >= 15 is 0 Å². The van der Waals surface area contributed by atoms with Crippen molar-refractivity contribution in [1.29, 1.82) is 0 Å². The lowest BCUT2D eigenvalue weighted by Gasteiger charge is -2.36. The molecule has 0 aliphatic carbocycles. The fraction of sp³-hybridized carbons (Fsp3) is 0.619. The summed E-state index contributed by atoms with van der Waals surface area (Å²) in [5.41, 5.74) is 1.10. The second-order valence-corrected chi connectivity index (χ2v) is 7.05. The Morgan fingerprint density at radius 3 is 2.13 bits per heavy atom. The minimum absolute atomic E-state index is 0. The Hall–Kier alpha value is -1.95. The average molecular weight is 549 g/mol. The molecule has 0 saturated carbocycles. The lowest BCUT2D eigenvalue weighted by Crippen LogP contribution is -2.53. The zero-order valence-electron chi connectivity index (χ0n) is 19.2. The molecule has 1 aliphatic heterocycles. The molecule has 0 bridgehead atoms. The smallest absolute Gasteiger partial charge is 0.239 e. The average Bonchev–Trinajstić information content (AvgIpc) is 2.78. The summed E-state index contributed by atoms with van der Waals surface area (Å²) in [4.78, 5) is 20.7. The largest absolute Gasteiger partial charge is 0.493 e. The maximum Gasteiger partial charge on any atom is 0.239 e. The van der Waals surface area contributed by atoms with Gasteiger partial charge in [-0.3, -0.25) is 14.7 Å². The van der Waals surface area contributed by atoms with Gasteiger partial charge >= 0.3 is 0 Å². The number of hydrogen-bond acceptors (Lipinski definition) is 6. The van der Waals surface area contributed by atoms with Crippen molar-refractivity contribution in [3.63, 3.8) is 0 Å². The Bertz CT molecular complexity index is 699. The maximum absolute atomic E-state index is 11.8. The number of methoxy groups -OCH3 is 3. The van der Waals surface area contributed by atoms with Crippen LogP contribution in [0, 0.1) is 0 Å². The predicted octanol–water partition coefficient (Wildman–Crippen LogP) is 1.55. The van der Waals surface area contributed by atoms with E-state index in [2.05, 4.69) is 25.4 Å². The molecule has 10 heteroatoms. The molecule has 9 nitrogen and oxygen atoms in total. The van der Waals surface area contributed by atoms with Crippen molar-refractivity contribution in [3.8, 4) is 17.2 Å². The van der Waals surface area contributed by atoms with Crippen molar-refractivity contribution < 1.29 is 19.0 Å². The molecule has 1 fully saturated rings. The molecule has 0 aromatic heterocycles. The molecule has 1 aliphatic rings. The third-order valence-corrected chi connectivity index (χ3v) is 4.99. The van der Waals surface area contributed by atoms with Gasteiger partial charge in [0.2, 0.25) is 11.7 Å². The predicted molar refractivity (Wildman–Crippen MR) is 133 cm³/mol. The normalized spacial score (nSPS) is 14.5. The van der Waals surface area contributed by atoms with Crippen molar-refractivity contribution in [2.75, 3.05) is 67.6 Å². The van der Waals surface area contributed by atoms with Crippen LogP contribution in [-0.2, 0) is 11.3 Å². The van der Waals surface area contributed by atoms with Crippen LogP contribution in [0.3, 0.4) is 0 Å². The number of rotatable bonds is 9. The van der Waals surface area contributed by atoms with Crippen molar-refractivity contribution in [2.45, 2.75) is 19.9 Å². The van der Waals surface area contributed by atoms with E-state index in [9.17, 15) is 4.79 Å². The van der Waals surface area contributed by atoms with Gasteiger partial charge in [-0.2, -0.15) is 0 Å². The number of carbonyl (C=O) groups excluding carboxylic acids is 1. The monoisotopic (exact) mass is 549 g/mol. The standard InChI is InChI=1S/C21H35N5O4.HI/c1-6-7-23-19(27)14-24-21(22-2)26-10-8-25(9-11-26)15-16-12-17(28-3)20(30-5)18(13-16)29-4;/h12-13H,6-11,14-15H2,1-5H3,(H,22,24)(H,23,27);1H. The molecule has 1 amide bonds. The molecule has 1 heterocycles. The molecule has 176 valence electrons. The summed E-state index contributed by atoms with van der Waals surface area (Å²) in [6, 6.07) is 3.98. The summed E-state index contributed by atoms with van der Waals surface area (Å²) < 4.78 is 16.3. The molecule has 31 heavy (non-hydrogen) atoms. The first-order chi connectivity index (χ1) is 14.6. The Morgan fingerprint density at radius 2 is 1.65 bits per heavy atom. The Balaban J connectivity index is 0.00000480. The van der Waals surface area contributed by atoms with E-state index in [-0.39, 0.29) is 36.4 Å². The van der Waals surface area contributed by atoms with Gasteiger partial charge in [0, 0.05) is 46.3 Å². The second kappa shape index (κ2) is 14.2. The highest BCUT2D eigenvalue weighted by atomic mass is 127. The summed E-state index contributed by atoms with van der Waals surface area (Å²) >= 11 is 0. The van der Waals surface area contributed by atoms with E-state index < -0.39 is 0 Å². The van der Waals surface area contributed by atoms with E-state index in [1.165, 1.54) is 0 Å². The molecular formula is C21H36IN5O4. The third-order valence-electron chi connectivity index (χ3n) is 4.99. The number of benzene rings is 1. The number of nitrogens with zero attached hydrogens (tertiary/aromatic N) is 3. The number of amides is 1. The SMILES string of the molecule is CCCNC(=O)CNC(=NC)N1CCN(Cc2cc(OC)c(OC)c(OC)c2)CC1.I. The fourth-order valence-corrected chi connectivity index (χ4v) is 3.42. The number of ether oxygens (including phenoxy) is 3. The number of piperazine rings is 1. The number of guanidine groups is 1. The zero-order valence-corrected chi connectivity index (χ0v) is 21.5. The summed E-state index contributed by atoms with van der Waals surface area (Å²) in [7, 11) is 6.60. The third kappa shape index (κ3) is 7.91. The second-order valence-electron chi connectivity index (χ2n) is 7.05. The minimum atomic E-state index is -0.0148. The quantitative estimate of drug-likeness (QED) is 0.275. The van der Waals surface area contributed by atoms with Crippen LogP contribution < -0.4 is 24.8 Å². The van der Waals surface area contributed by atoms with Crippen molar-refractivity contribution in [1.82, 2.24) is 20.4 Å². The van der Waals surface area contributed by atoms with Gasteiger partial charge < -0.3 is 29.7 Å². The van der Waals surface area contributed by atoms with Crippen LogP contribution in [0.4, 0.5) is 0 Å². The van der Waals surface area contributed by atoms with Crippen molar-refractivity contribution in [3.05, 3.63) is 17.7 Å². The van der Waals surface area contributed by atoms with E-state index in [4.69, 9.17) is 14.2 Å². The van der Waals surface area contributed by atoms with Gasteiger partial charge in [0.25, 0.3) is 0 Å². The molecule has 0 spiro atoms. The fourth-order valence-electron chi connectivity index (χ4n) is 3.42. The van der Waals surface area contributed by atoms with Crippen LogP contribution in [0.5, 0.6) is 17.2 Å². The van der Waals surface area contributed by atoms with E-state index in [1.807, 2.05) is 19.1 Å². The van der Waals surface area contributed by atoms with E-state index in [1.54, 1.807) is 28.4 Å². The lowest BCUT2D eigenvalue weighted by molar-refractivity contribution is -0.120. The Morgan fingerprint density at radius 1 is 1.03 bits per heavy atom. The van der Waals surface area contributed by atoms with Gasteiger partial charge in [0.1, 0.15) is 0 Å². The number of nitrogens with one attached hydrogen (secondary N) is 2. The minimum Gasteiger partial charge on any atom is -0.493 e. The molecule has 1 saturated heterocycles. The van der Waals surface area contributed by atoms with Crippen molar-refractivity contribution >= 4 is 35.8 Å². The molecule has 2 N–H and O–H groups in total. The van der Waals surface area contributed by atoms with Crippen LogP contribution >= 0.6 is 24.0 Å². The molecular weight excluding hydrogens is 513 g/mol.